The number of nitrogens with one attached hydrogen (secondary N) is 1. The minimum atomic E-state index is -4.45. The molecule has 1 aliphatic rings. The van der Waals surface area contributed by atoms with E-state index in [0.29, 0.717) is 31.7 Å². The summed E-state index contributed by atoms with van der Waals surface area (Å²) in [5.74, 6) is 0. The smallest absolute Gasteiger partial charge is 0.375 e. The van der Waals surface area contributed by atoms with E-state index in [0.717, 1.165) is 18.2 Å². The van der Waals surface area contributed by atoms with Gasteiger partial charge in [0.1, 0.15) is 5.69 Å². The zero-order valence-electron chi connectivity index (χ0n) is 16.6. The second-order valence-corrected chi connectivity index (χ2v) is 9.13. The number of piperazine rings is 1. The average molecular weight is 458 g/mol. The van der Waals surface area contributed by atoms with Crippen LogP contribution in [0.2, 0.25) is 0 Å². The first-order chi connectivity index (χ1) is 14.5. The van der Waals surface area contributed by atoms with Crippen LogP contribution in [0.1, 0.15) is 11.1 Å². The fourth-order valence-electron chi connectivity index (χ4n) is 3.16. The van der Waals surface area contributed by atoms with E-state index in [1.165, 1.54) is 28.6 Å². The first kappa shape index (κ1) is 23.0. The monoisotopic (exact) mass is 458 g/mol. The summed E-state index contributed by atoms with van der Waals surface area (Å²) < 4.78 is 64.9. The molecule has 0 atom stereocenters. The number of rotatable bonds is 6. The lowest BCUT2D eigenvalue weighted by Gasteiger charge is -2.31. The highest BCUT2D eigenvalue weighted by Gasteiger charge is 2.31. The molecular weight excluding hydrogens is 437 g/mol. The van der Waals surface area contributed by atoms with Gasteiger partial charge in [-0.15, -0.1) is 0 Å². The van der Waals surface area contributed by atoms with Crippen LogP contribution in [0.5, 0.6) is 0 Å². The Balaban J connectivity index is 1.78. The molecule has 0 radical (unpaired) electrons. The summed E-state index contributed by atoms with van der Waals surface area (Å²) in [7, 11) is -2.00. The zero-order valence-corrected chi connectivity index (χ0v) is 17.4. The molecule has 0 aromatic heterocycles. The number of benzene rings is 2. The Hall–Kier alpha value is -2.70. The van der Waals surface area contributed by atoms with Gasteiger partial charge in [-0.3, -0.25) is 10.1 Å². The SMILES string of the molecule is CN1CCN(S(=O)(=O)c2ccc(NCc3ccc(C(F)(F)F)cc3)c([N+](=O)[O-])c2)CC1. The number of nitro benzene ring substituents is 1. The molecule has 8 nitrogen and oxygen atoms in total. The van der Waals surface area contributed by atoms with Gasteiger partial charge in [0, 0.05) is 38.8 Å². The number of sulfonamides is 1. The number of nitro groups is 1. The maximum Gasteiger partial charge on any atom is 0.416 e. The Morgan fingerprint density at radius 2 is 1.68 bits per heavy atom. The molecule has 1 saturated heterocycles. The van der Waals surface area contributed by atoms with Gasteiger partial charge < -0.3 is 10.2 Å². The quantitative estimate of drug-likeness (QED) is 0.528. The van der Waals surface area contributed by atoms with Crippen molar-refractivity contribution in [3.05, 3.63) is 63.7 Å². The van der Waals surface area contributed by atoms with Gasteiger partial charge in [0.25, 0.3) is 5.69 Å². The number of alkyl halides is 3. The van der Waals surface area contributed by atoms with Crippen molar-refractivity contribution in [2.45, 2.75) is 17.6 Å². The predicted octanol–water partition coefficient (Wildman–Crippen LogP) is 3.16. The third-order valence-corrected chi connectivity index (χ3v) is 6.92. The topological polar surface area (TPSA) is 95.8 Å². The number of hydrogen-bond donors (Lipinski definition) is 1. The largest absolute Gasteiger partial charge is 0.416 e. The van der Waals surface area contributed by atoms with Gasteiger partial charge in [-0.2, -0.15) is 17.5 Å². The maximum atomic E-state index is 12.8. The summed E-state index contributed by atoms with van der Waals surface area (Å²) >= 11 is 0. The van der Waals surface area contributed by atoms with Crippen LogP contribution in [-0.4, -0.2) is 55.8 Å². The van der Waals surface area contributed by atoms with Crippen LogP contribution < -0.4 is 5.32 Å². The van der Waals surface area contributed by atoms with Crippen molar-refractivity contribution in [3.63, 3.8) is 0 Å². The van der Waals surface area contributed by atoms with Crippen molar-refractivity contribution in [2.75, 3.05) is 38.5 Å². The highest BCUT2D eigenvalue weighted by molar-refractivity contribution is 7.89. The van der Waals surface area contributed by atoms with E-state index < -0.39 is 32.4 Å². The van der Waals surface area contributed by atoms with Crippen LogP contribution in [0.4, 0.5) is 24.5 Å². The molecular formula is C19H21F3N4O4S. The minimum Gasteiger partial charge on any atom is -0.375 e. The molecule has 0 spiro atoms. The Morgan fingerprint density at radius 1 is 1.06 bits per heavy atom. The Kier molecular flexibility index (Phi) is 6.53. The molecule has 0 unspecified atom stereocenters. The molecule has 0 amide bonds. The van der Waals surface area contributed by atoms with E-state index in [9.17, 15) is 31.7 Å². The number of anilines is 1. The van der Waals surface area contributed by atoms with Crippen LogP contribution in [0.3, 0.4) is 0 Å². The van der Waals surface area contributed by atoms with E-state index in [1.807, 2.05) is 11.9 Å². The third-order valence-electron chi connectivity index (χ3n) is 5.03. The minimum absolute atomic E-state index is 0.0313. The lowest BCUT2D eigenvalue weighted by Crippen LogP contribution is -2.47. The molecule has 0 saturated carbocycles. The standard InChI is InChI=1S/C19H21F3N4O4S/c1-24-8-10-25(11-9-24)31(29,30)16-6-7-17(18(12-16)26(27)28)23-13-14-2-4-15(5-3-14)19(20,21)22/h2-7,12,23H,8-11,13H2,1H3. The van der Waals surface area contributed by atoms with Gasteiger partial charge in [0.15, 0.2) is 0 Å². The van der Waals surface area contributed by atoms with E-state index in [4.69, 9.17) is 0 Å². The molecule has 3 rings (SSSR count). The summed E-state index contributed by atoms with van der Waals surface area (Å²) in [6.45, 7) is 1.74. The highest BCUT2D eigenvalue weighted by atomic mass is 32.2. The van der Waals surface area contributed by atoms with Crippen molar-refractivity contribution in [1.29, 1.82) is 0 Å². The fourth-order valence-corrected chi connectivity index (χ4v) is 4.60. The lowest BCUT2D eigenvalue weighted by atomic mass is 10.1. The first-order valence-electron chi connectivity index (χ1n) is 9.35. The van der Waals surface area contributed by atoms with E-state index >= 15 is 0 Å². The first-order valence-corrected chi connectivity index (χ1v) is 10.8. The highest BCUT2D eigenvalue weighted by Crippen LogP contribution is 2.31. The Labute approximate surface area is 177 Å². The van der Waals surface area contributed by atoms with Gasteiger partial charge >= 0.3 is 6.18 Å². The second kappa shape index (κ2) is 8.81. The molecule has 168 valence electrons. The molecule has 0 aliphatic carbocycles. The third kappa shape index (κ3) is 5.32. The molecule has 0 bridgehead atoms. The van der Waals surface area contributed by atoms with Gasteiger partial charge in [-0.25, -0.2) is 8.42 Å². The molecule has 1 N–H and O–H groups in total. The lowest BCUT2D eigenvalue weighted by molar-refractivity contribution is -0.384. The molecule has 12 heteroatoms. The van der Waals surface area contributed by atoms with E-state index in [-0.39, 0.29) is 17.1 Å². The van der Waals surface area contributed by atoms with E-state index in [1.54, 1.807) is 0 Å². The summed E-state index contributed by atoms with van der Waals surface area (Å²) in [5.41, 5.74) is -0.665. The van der Waals surface area contributed by atoms with Crippen LogP contribution in [0.15, 0.2) is 47.4 Å². The summed E-state index contributed by atoms with van der Waals surface area (Å²) in [6.07, 6.45) is -4.45. The van der Waals surface area contributed by atoms with Crippen molar-refractivity contribution in [3.8, 4) is 0 Å². The van der Waals surface area contributed by atoms with Crippen molar-refractivity contribution < 1.29 is 26.5 Å². The van der Waals surface area contributed by atoms with Crippen LogP contribution in [0, 0.1) is 10.1 Å². The van der Waals surface area contributed by atoms with Crippen LogP contribution >= 0.6 is 0 Å². The van der Waals surface area contributed by atoms with Crippen LogP contribution in [0.25, 0.3) is 0 Å². The number of halogens is 3. The second-order valence-electron chi connectivity index (χ2n) is 7.19. The molecule has 1 fully saturated rings. The van der Waals surface area contributed by atoms with Crippen molar-refractivity contribution in [2.24, 2.45) is 0 Å². The van der Waals surface area contributed by atoms with Crippen molar-refractivity contribution in [1.82, 2.24) is 9.21 Å². The molecule has 1 aliphatic heterocycles. The molecule has 31 heavy (non-hydrogen) atoms. The summed E-state index contributed by atoms with van der Waals surface area (Å²) in [4.78, 5) is 12.6. The summed E-state index contributed by atoms with van der Waals surface area (Å²) in [6, 6.07) is 7.99. The van der Waals surface area contributed by atoms with Crippen molar-refractivity contribution >= 4 is 21.4 Å². The van der Waals surface area contributed by atoms with Gasteiger partial charge in [-0.1, -0.05) is 12.1 Å². The fraction of sp³-hybridized carbons (Fsp3) is 0.368. The average Bonchev–Trinajstić information content (AvgIpc) is 2.72. The Morgan fingerprint density at radius 3 is 2.23 bits per heavy atom. The molecule has 1 heterocycles. The molecule has 2 aromatic carbocycles. The zero-order chi connectivity index (χ0) is 22.8. The Bertz CT molecular complexity index is 1050. The number of nitrogens with zero attached hydrogens (tertiary/aromatic N) is 3. The van der Waals surface area contributed by atoms with E-state index in [2.05, 4.69) is 5.32 Å². The van der Waals surface area contributed by atoms with Gasteiger partial charge in [0.2, 0.25) is 10.0 Å². The van der Waals surface area contributed by atoms with Gasteiger partial charge in [0.05, 0.1) is 15.4 Å². The number of hydrogen-bond acceptors (Lipinski definition) is 6. The normalized spacial score (nSPS) is 16.3. The summed E-state index contributed by atoms with van der Waals surface area (Å²) in [5, 5.41) is 14.3. The van der Waals surface area contributed by atoms with Gasteiger partial charge in [-0.05, 0) is 36.9 Å². The van der Waals surface area contributed by atoms with Crippen LogP contribution in [-0.2, 0) is 22.7 Å². The predicted molar refractivity (Wildman–Crippen MR) is 108 cm³/mol. The molecule has 2 aromatic rings. The number of likely N-dealkylation sites (N-methyl/N-ethyl adjacent to an activating group) is 1. The maximum absolute atomic E-state index is 12.8.